The number of anilines is 1. The maximum atomic E-state index is 8.80. The van der Waals surface area contributed by atoms with Crippen molar-refractivity contribution in [1.29, 1.82) is 5.26 Å². The maximum absolute atomic E-state index is 8.80. The highest BCUT2D eigenvalue weighted by Gasteiger charge is 2.05. The van der Waals surface area contributed by atoms with Gasteiger partial charge in [-0.05, 0) is 17.7 Å². The second kappa shape index (κ2) is 10.1. The fraction of sp³-hybridized carbons (Fsp3) is 0.312. The highest BCUT2D eigenvalue weighted by molar-refractivity contribution is 14.0. The van der Waals surface area contributed by atoms with Gasteiger partial charge in [-0.2, -0.15) is 5.26 Å². The summed E-state index contributed by atoms with van der Waals surface area (Å²) >= 11 is 1.62. The lowest BCUT2D eigenvalue weighted by molar-refractivity contribution is 0.797. The maximum Gasteiger partial charge on any atom is 0.191 e. The van der Waals surface area contributed by atoms with Gasteiger partial charge in [0.2, 0.25) is 0 Å². The largest absolute Gasteiger partial charge is 0.354 e. The Hall–Kier alpha value is -1.86. The summed E-state index contributed by atoms with van der Waals surface area (Å²) < 4.78 is 0. The van der Waals surface area contributed by atoms with E-state index in [9.17, 15) is 0 Å². The Morgan fingerprint density at radius 2 is 1.92 bits per heavy atom. The number of nitrogens with zero attached hydrogens (tertiary/aromatic N) is 4. The smallest absolute Gasteiger partial charge is 0.191 e. The molecule has 128 valence electrons. The van der Waals surface area contributed by atoms with E-state index in [0.717, 1.165) is 16.4 Å². The molecule has 0 unspecified atom stereocenters. The van der Waals surface area contributed by atoms with E-state index in [4.69, 9.17) is 5.26 Å². The Bertz CT molecular complexity index is 702. The van der Waals surface area contributed by atoms with Gasteiger partial charge in [-0.25, -0.2) is 4.98 Å². The van der Waals surface area contributed by atoms with Crippen LogP contribution in [0.25, 0.3) is 0 Å². The molecule has 2 rings (SSSR count). The summed E-state index contributed by atoms with van der Waals surface area (Å²) in [5.41, 5.74) is 2.74. The SMILES string of the molecule is CN=C(NCc1ccc(C#N)cc1)NCc1csc(N(C)C)n1.I. The molecule has 1 aromatic heterocycles. The van der Waals surface area contributed by atoms with Crippen LogP contribution in [0.3, 0.4) is 0 Å². The van der Waals surface area contributed by atoms with Crippen LogP contribution in [0.4, 0.5) is 5.13 Å². The summed E-state index contributed by atoms with van der Waals surface area (Å²) in [7, 11) is 5.70. The van der Waals surface area contributed by atoms with E-state index in [-0.39, 0.29) is 24.0 Å². The number of halogens is 1. The third-order valence-electron chi connectivity index (χ3n) is 3.13. The molecule has 1 heterocycles. The van der Waals surface area contributed by atoms with Gasteiger partial charge in [-0.1, -0.05) is 12.1 Å². The zero-order chi connectivity index (χ0) is 16.7. The third-order valence-corrected chi connectivity index (χ3v) is 4.18. The molecule has 1 aromatic carbocycles. The average Bonchev–Trinajstić information content (AvgIpc) is 3.05. The van der Waals surface area contributed by atoms with Gasteiger partial charge < -0.3 is 15.5 Å². The van der Waals surface area contributed by atoms with Crippen LogP contribution in [0, 0.1) is 11.3 Å². The molecule has 0 saturated carbocycles. The van der Waals surface area contributed by atoms with Crippen molar-refractivity contribution in [1.82, 2.24) is 15.6 Å². The Kier molecular flexibility index (Phi) is 8.49. The first kappa shape index (κ1) is 20.2. The quantitative estimate of drug-likeness (QED) is 0.411. The van der Waals surface area contributed by atoms with Crippen LogP contribution >= 0.6 is 35.3 Å². The lowest BCUT2D eigenvalue weighted by atomic mass is 10.1. The summed E-state index contributed by atoms with van der Waals surface area (Å²) in [6.07, 6.45) is 0. The van der Waals surface area contributed by atoms with Crippen molar-refractivity contribution in [3.05, 3.63) is 46.5 Å². The monoisotopic (exact) mass is 456 g/mol. The lowest BCUT2D eigenvalue weighted by Crippen LogP contribution is -2.36. The second-order valence-corrected chi connectivity index (χ2v) is 5.94. The second-order valence-electron chi connectivity index (χ2n) is 5.10. The van der Waals surface area contributed by atoms with Crippen LogP contribution in [0.15, 0.2) is 34.6 Å². The van der Waals surface area contributed by atoms with Gasteiger partial charge in [0, 0.05) is 33.1 Å². The number of guanidine groups is 1. The number of thiazole rings is 1. The summed E-state index contributed by atoms with van der Waals surface area (Å²) in [5, 5.41) is 18.3. The van der Waals surface area contributed by atoms with Gasteiger partial charge in [-0.3, -0.25) is 4.99 Å². The number of aromatic nitrogens is 1. The molecule has 0 bridgehead atoms. The molecular weight excluding hydrogens is 435 g/mol. The predicted octanol–water partition coefficient (Wildman–Crippen LogP) is 2.56. The van der Waals surface area contributed by atoms with Crippen molar-refractivity contribution in [3.63, 3.8) is 0 Å². The van der Waals surface area contributed by atoms with Crippen LogP contribution in [0.1, 0.15) is 16.8 Å². The molecule has 0 aliphatic rings. The molecule has 24 heavy (non-hydrogen) atoms. The first-order valence-corrected chi connectivity index (χ1v) is 8.05. The van der Waals surface area contributed by atoms with Crippen LogP contribution in [-0.2, 0) is 13.1 Å². The van der Waals surface area contributed by atoms with Crippen molar-refractivity contribution in [2.75, 3.05) is 26.0 Å². The fourth-order valence-corrected chi connectivity index (χ4v) is 2.62. The highest BCUT2D eigenvalue weighted by Crippen LogP contribution is 2.17. The molecule has 0 atom stereocenters. The standard InChI is InChI=1S/C16H20N6S.HI/c1-18-15(19-9-13-6-4-12(8-17)5-7-13)20-10-14-11-23-16(21-14)22(2)3;/h4-7,11H,9-10H2,1-3H3,(H2,18,19,20);1H. The molecule has 0 spiro atoms. The summed E-state index contributed by atoms with van der Waals surface area (Å²) in [6, 6.07) is 9.60. The van der Waals surface area contributed by atoms with Gasteiger partial charge in [0.05, 0.1) is 23.9 Å². The third kappa shape index (κ3) is 5.98. The van der Waals surface area contributed by atoms with Gasteiger partial charge >= 0.3 is 0 Å². The van der Waals surface area contributed by atoms with E-state index < -0.39 is 0 Å². The van der Waals surface area contributed by atoms with Gasteiger partial charge in [-0.15, -0.1) is 35.3 Å². The number of benzene rings is 1. The number of hydrogen-bond acceptors (Lipinski definition) is 5. The van der Waals surface area contributed by atoms with E-state index >= 15 is 0 Å². The summed E-state index contributed by atoms with van der Waals surface area (Å²) in [4.78, 5) is 10.7. The zero-order valence-corrected chi connectivity index (χ0v) is 17.1. The van der Waals surface area contributed by atoms with Crippen LogP contribution in [0.2, 0.25) is 0 Å². The minimum Gasteiger partial charge on any atom is -0.354 e. The fourth-order valence-electron chi connectivity index (χ4n) is 1.86. The highest BCUT2D eigenvalue weighted by atomic mass is 127. The number of aliphatic imine (C=N–C) groups is 1. The van der Waals surface area contributed by atoms with Crippen molar-refractivity contribution in [3.8, 4) is 6.07 Å². The van der Waals surface area contributed by atoms with Gasteiger partial charge in [0.1, 0.15) is 0 Å². The van der Waals surface area contributed by atoms with E-state index in [1.165, 1.54) is 0 Å². The number of nitrogens with one attached hydrogen (secondary N) is 2. The molecule has 2 aromatic rings. The van der Waals surface area contributed by atoms with Crippen molar-refractivity contribution in [2.45, 2.75) is 13.1 Å². The Balaban J connectivity index is 0.00000288. The van der Waals surface area contributed by atoms with Gasteiger partial charge in [0.15, 0.2) is 11.1 Å². The molecule has 0 saturated heterocycles. The Labute approximate surface area is 163 Å². The zero-order valence-electron chi connectivity index (χ0n) is 13.9. The lowest BCUT2D eigenvalue weighted by Gasteiger charge is -2.11. The number of nitriles is 1. The first-order valence-electron chi connectivity index (χ1n) is 7.17. The number of rotatable bonds is 5. The molecule has 8 heteroatoms. The van der Waals surface area contributed by atoms with E-state index in [0.29, 0.717) is 24.6 Å². The van der Waals surface area contributed by atoms with Crippen LogP contribution < -0.4 is 15.5 Å². The first-order chi connectivity index (χ1) is 11.1. The summed E-state index contributed by atoms with van der Waals surface area (Å²) in [6.45, 7) is 1.27. The molecule has 2 N–H and O–H groups in total. The van der Waals surface area contributed by atoms with Crippen LogP contribution in [-0.4, -0.2) is 32.1 Å². The Morgan fingerprint density at radius 1 is 1.25 bits per heavy atom. The van der Waals surface area contributed by atoms with Crippen molar-refractivity contribution < 1.29 is 0 Å². The Morgan fingerprint density at radius 3 is 2.46 bits per heavy atom. The van der Waals surface area contributed by atoms with Crippen LogP contribution in [0.5, 0.6) is 0 Å². The van der Waals surface area contributed by atoms with E-state index in [1.54, 1.807) is 18.4 Å². The molecule has 0 aliphatic carbocycles. The normalized spacial score (nSPS) is 10.5. The minimum atomic E-state index is 0. The number of hydrogen-bond donors (Lipinski definition) is 2. The molecule has 0 aliphatic heterocycles. The molecule has 6 nitrogen and oxygen atoms in total. The van der Waals surface area contributed by atoms with E-state index in [2.05, 4.69) is 26.7 Å². The molecular formula is C16H21IN6S. The average molecular weight is 456 g/mol. The van der Waals surface area contributed by atoms with Gasteiger partial charge in [0.25, 0.3) is 0 Å². The minimum absolute atomic E-state index is 0. The topological polar surface area (TPSA) is 76.3 Å². The molecule has 0 radical (unpaired) electrons. The van der Waals surface area contributed by atoms with Crippen molar-refractivity contribution in [2.24, 2.45) is 4.99 Å². The predicted molar refractivity (Wildman–Crippen MR) is 110 cm³/mol. The van der Waals surface area contributed by atoms with Crippen molar-refractivity contribution >= 4 is 46.4 Å². The molecule has 0 fully saturated rings. The van der Waals surface area contributed by atoms with E-state index in [1.807, 2.05) is 48.6 Å². The summed E-state index contributed by atoms with van der Waals surface area (Å²) in [5.74, 6) is 0.716. The molecule has 0 amide bonds.